The fraction of sp³-hybridized carbons (Fsp3) is 0.235. The Morgan fingerprint density at radius 3 is 2.48 bits per heavy atom. The Kier molecular flexibility index (Phi) is 3.42. The summed E-state index contributed by atoms with van der Waals surface area (Å²) in [4.78, 5) is 20.1. The Morgan fingerprint density at radius 1 is 0.913 bits per heavy atom. The third kappa shape index (κ3) is 2.63. The molecule has 4 rings (SSSR count). The van der Waals surface area contributed by atoms with Crippen molar-refractivity contribution in [3.05, 3.63) is 59.0 Å². The van der Waals surface area contributed by atoms with Gasteiger partial charge in [-0.3, -0.25) is 9.78 Å². The van der Waals surface area contributed by atoms with Gasteiger partial charge in [0.15, 0.2) is 0 Å². The molecular formula is C17H17N5O. The third-order valence-electron chi connectivity index (χ3n) is 4.23. The van der Waals surface area contributed by atoms with Crippen LogP contribution in [0.2, 0.25) is 0 Å². The first-order valence-electron chi connectivity index (χ1n) is 7.71. The molecule has 2 aromatic heterocycles. The molecule has 6 nitrogen and oxygen atoms in total. The quantitative estimate of drug-likeness (QED) is 0.780. The zero-order valence-corrected chi connectivity index (χ0v) is 12.6. The highest BCUT2D eigenvalue weighted by molar-refractivity contribution is 5.91. The Hall–Kier alpha value is -2.89. The fourth-order valence-electron chi connectivity index (χ4n) is 3.05. The molecule has 0 unspecified atom stereocenters. The van der Waals surface area contributed by atoms with Crippen LogP contribution >= 0.6 is 0 Å². The number of anilines is 2. The molecule has 0 aliphatic carbocycles. The van der Waals surface area contributed by atoms with Gasteiger partial charge in [0, 0.05) is 49.5 Å². The molecule has 3 heterocycles. The molecule has 1 aliphatic heterocycles. The SMILES string of the molecule is O=c1ccc(N2CCN(c3ccnc4ccccc34)CC2)n[nH]1. The number of para-hydroxylation sites is 1. The molecule has 1 fully saturated rings. The van der Waals surface area contributed by atoms with Gasteiger partial charge in [0.1, 0.15) is 5.82 Å². The average Bonchev–Trinajstić information content (AvgIpc) is 2.62. The Labute approximate surface area is 133 Å². The first-order chi connectivity index (χ1) is 11.3. The van der Waals surface area contributed by atoms with Crippen LogP contribution in [0, 0.1) is 0 Å². The van der Waals surface area contributed by atoms with Crippen LogP contribution in [0.25, 0.3) is 10.9 Å². The van der Waals surface area contributed by atoms with Crippen LogP contribution in [0.4, 0.5) is 11.5 Å². The van der Waals surface area contributed by atoms with Crippen molar-refractivity contribution in [1.82, 2.24) is 15.2 Å². The van der Waals surface area contributed by atoms with Gasteiger partial charge in [0.2, 0.25) is 0 Å². The first kappa shape index (κ1) is 13.8. The smallest absolute Gasteiger partial charge is 0.264 e. The van der Waals surface area contributed by atoms with Crippen molar-refractivity contribution < 1.29 is 0 Å². The van der Waals surface area contributed by atoms with Gasteiger partial charge in [-0.1, -0.05) is 18.2 Å². The number of hydrogen-bond acceptors (Lipinski definition) is 5. The highest BCUT2D eigenvalue weighted by Crippen LogP contribution is 2.26. The summed E-state index contributed by atoms with van der Waals surface area (Å²) < 4.78 is 0. The van der Waals surface area contributed by atoms with E-state index in [9.17, 15) is 4.79 Å². The number of rotatable bonds is 2. The van der Waals surface area contributed by atoms with E-state index in [2.05, 4.69) is 37.1 Å². The van der Waals surface area contributed by atoms with E-state index in [4.69, 9.17) is 0 Å². The molecule has 23 heavy (non-hydrogen) atoms. The molecule has 1 aromatic carbocycles. The summed E-state index contributed by atoms with van der Waals surface area (Å²) in [5.41, 5.74) is 2.08. The number of aromatic nitrogens is 3. The van der Waals surface area contributed by atoms with E-state index in [-0.39, 0.29) is 5.56 Å². The van der Waals surface area contributed by atoms with Crippen LogP contribution in [0.15, 0.2) is 53.5 Å². The second kappa shape index (κ2) is 5.72. The maximum atomic E-state index is 11.1. The maximum Gasteiger partial charge on any atom is 0.264 e. The minimum absolute atomic E-state index is 0.171. The molecular weight excluding hydrogens is 290 g/mol. The molecule has 1 N–H and O–H groups in total. The van der Waals surface area contributed by atoms with E-state index in [1.807, 2.05) is 24.4 Å². The summed E-state index contributed by atoms with van der Waals surface area (Å²) in [6.45, 7) is 3.56. The van der Waals surface area contributed by atoms with Crippen molar-refractivity contribution >= 4 is 22.4 Å². The molecule has 3 aromatic rings. The van der Waals surface area contributed by atoms with Gasteiger partial charge in [-0.15, -0.1) is 0 Å². The fourth-order valence-corrected chi connectivity index (χ4v) is 3.05. The molecule has 116 valence electrons. The highest BCUT2D eigenvalue weighted by Gasteiger charge is 2.19. The lowest BCUT2D eigenvalue weighted by Crippen LogP contribution is -2.47. The van der Waals surface area contributed by atoms with Crippen LogP contribution in [-0.4, -0.2) is 41.4 Å². The summed E-state index contributed by atoms with van der Waals surface area (Å²) in [6, 6.07) is 13.6. The Bertz CT molecular complexity index is 858. The van der Waals surface area contributed by atoms with E-state index >= 15 is 0 Å². The van der Waals surface area contributed by atoms with Crippen molar-refractivity contribution in [2.75, 3.05) is 36.0 Å². The zero-order chi connectivity index (χ0) is 15.6. The summed E-state index contributed by atoms with van der Waals surface area (Å²) >= 11 is 0. The van der Waals surface area contributed by atoms with Gasteiger partial charge < -0.3 is 9.80 Å². The average molecular weight is 307 g/mol. The lowest BCUT2D eigenvalue weighted by atomic mass is 10.1. The largest absolute Gasteiger partial charge is 0.367 e. The minimum atomic E-state index is -0.171. The number of aromatic amines is 1. The number of benzene rings is 1. The highest BCUT2D eigenvalue weighted by atomic mass is 16.1. The minimum Gasteiger partial charge on any atom is -0.367 e. The van der Waals surface area contributed by atoms with Gasteiger partial charge >= 0.3 is 0 Å². The van der Waals surface area contributed by atoms with Gasteiger partial charge in [0.05, 0.1) is 5.52 Å². The van der Waals surface area contributed by atoms with E-state index in [0.29, 0.717) is 0 Å². The van der Waals surface area contributed by atoms with Crippen molar-refractivity contribution in [3.8, 4) is 0 Å². The van der Waals surface area contributed by atoms with Crippen molar-refractivity contribution in [1.29, 1.82) is 0 Å². The summed E-state index contributed by atoms with van der Waals surface area (Å²) in [5, 5.41) is 7.79. The second-order valence-corrected chi connectivity index (χ2v) is 5.60. The number of fused-ring (bicyclic) bond motifs is 1. The van der Waals surface area contributed by atoms with Crippen molar-refractivity contribution in [3.63, 3.8) is 0 Å². The van der Waals surface area contributed by atoms with E-state index in [1.54, 1.807) is 6.07 Å². The number of nitrogens with zero attached hydrogens (tertiary/aromatic N) is 4. The van der Waals surface area contributed by atoms with Crippen LogP contribution < -0.4 is 15.4 Å². The third-order valence-corrected chi connectivity index (χ3v) is 4.23. The molecule has 6 heteroatoms. The molecule has 0 radical (unpaired) electrons. The van der Waals surface area contributed by atoms with Gasteiger partial charge in [0.25, 0.3) is 5.56 Å². The van der Waals surface area contributed by atoms with Crippen LogP contribution in [0.3, 0.4) is 0 Å². The van der Waals surface area contributed by atoms with E-state index in [1.165, 1.54) is 17.1 Å². The molecule has 0 atom stereocenters. The van der Waals surface area contributed by atoms with Gasteiger partial charge in [-0.05, 0) is 18.2 Å². The predicted octanol–water partition coefficient (Wildman–Crippen LogP) is 1.64. The van der Waals surface area contributed by atoms with Crippen LogP contribution in [0.5, 0.6) is 0 Å². The Balaban J connectivity index is 1.55. The van der Waals surface area contributed by atoms with Crippen molar-refractivity contribution in [2.24, 2.45) is 0 Å². The summed E-state index contributed by atoms with van der Waals surface area (Å²) in [7, 11) is 0. The maximum absolute atomic E-state index is 11.1. The second-order valence-electron chi connectivity index (χ2n) is 5.60. The van der Waals surface area contributed by atoms with Crippen LogP contribution in [0.1, 0.15) is 0 Å². The molecule has 0 bridgehead atoms. The summed E-state index contributed by atoms with van der Waals surface area (Å²) in [6.07, 6.45) is 1.87. The normalized spacial score (nSPS) is 15.1. The number of piperazine rings is 1. The zero-order valence-electron chi connectivity index (χ0n) is 12.6. The molecule has 1 aliphatic rings. The number of nitrogens with one attached hydrogen (secondary N) is 1. The molecule has 0 amide bonds. The van der Waals surface area contributed by atoms with E-state index < -0.39 is 0 Å². The Morgan fingerprint density at radius 2 is 1.70 bits per heavy atom. The first-order valence-corrected chi connectivity index (χ1v) is 7.71. The van der Waals surface area contributed by atoms with Crippen LogP contribution in [-0.2, 0) is 0 Å². The monoisotopic (exact) mass is 307 g/mol. The number of hydrogen-bond donors (Lipinski definition) is 1. The van der Waals surface area contributed by atoms with Crippen molar-refractivity contribution in [2.45, 2.75) is 0 Å². The van der Waals surface area contributed by atoms with Gasteiger partial charge in [-0.25, -0.2) is 5.10 Å². The molecule has 1 saturated heterocycles. The number of pyridine rings is 1. The summed E-state index contributed by atoms with van der Waals surface area (Å²) in [5.74, 6) is 0.823. The predicted molar refractivity (Wildman–Crippen MR) is 91.0 cm³/mol. The molecule has 0 saturated carbocycles. The molecule has 0 spiro atoms. The van der Waals surface area contributed by atoms with Gasteiger partial charge in [-0.2, -0.15) is 5.10 Å². The topological polar surface area (TPSA) is 65.1 Å². The lowest BCUT2D eigenvalue weighted by molar-refractivity contribution is 0.644. The van der Waals surface area contributed by atoms with E-state index in [0.717, 1.165) is 37.5 Å². The number of H-pyrrole nitrogens is 1. The standard InChI is InChI=1S/C17H17N5O/c23-17-6-5-16(19-20-17)22-11-9-21(10-12-22)15-7-8-18-14-4-2-1-3-13(14)15/h1-8H,9-12H2,(H,20,23). The lowest BCUT2D eigenvalue weighted by Gasteiger charge is -2.36.